The van der Waals surface area contributed by atoms with Gasteiger partial charge in [0.05, 0.1) is 38.6 Å². The number of carbonyl (C=O) groups excluding carboxylic acids is 1. The first-order valence-corrected chi connectivity index (χ1v) is 12.5. The molecule has 1 saturated heterocycles. The van der Waals surface area contributed by atoms with Crippen molar-refractivity contribution in [2.24, 2.45) is 0 Å². The van der Waals surface area contributed by atoms with E-state index in [0.29, 0.717) is 39.1 Å². The van der Waals surface area contributed by atoms with Crippen molar-refractivity contribution in [2.75, 3.05) is 32.9 Å². The molecule has 0 spiro atoms. The second-order valence-electron chi connectivity index (χ2n) is 8.72. The standard InChI is InChI=1S/C17H23NO4.C9H9BrO/c1-2-22-16(19)18-8-6-17(20,7-9-18)15-4-3-13-5-10-21-12-14(13)11-15;10-9-2-1-7-3-4-11-6-8(7)5-9/h3-4,11,20H,2,5-10,12H2,1H3;1-2,5H,3-4,6H2. The Morgan fingerprint density at radius 2 is 1.61 bits per heavy atom. The van der Waals surface area contributed by atoms with Crippen molar-refractivity contribution in [3.63, 3.8) is 0 Å². The summed E-state index contributed by atoms with van der Waals surface area (Å²) in [4.78, 5) is 13.4. The molecule has 1 N–H and O–H groups in total. The first kappa shape index (κ1) is 24.2. The first-order chi connectivity index (χ1) is 16.0. The molecule has 5 rings (SSSR count). The normalized spacial score (nSPS) is 18.9. The van der Waals surface area contributed by atoms with Gasteiger partial charge in [0.25, 0.3) is 0 Å². The van der Waals surface area contributed by atoms with Crippen molar-refractivity contribution in [1.29, 1.82) is 0 Å². The van der Waals surface area contributed by atoms with Crippen LogP contribution in [0, 0.1) is 0 Å². The van der Waals surface area contributed by atoms with Gasteiger partial charge in [0.2, 0.25) is 0 Å². The molecular weight excluding hydrogens is 486 g/mol. The molecule has 3 heterocycles. The zero-order chi connectivity index (χ0) is 23.3. The Balaban J connectivity index is 0.000000196. The van der Waals surface area contributed by atoms with Gasteiger partial charge in [0.15, 0.2) is 0 Å². The van der Waals surface area contributed by atoms with E-state index in [1.165, 1.54) is 22.3 Å². The Kier molecular flexibility index (Phi) is 8.07. The van der Waals surface area contributed by atoms with E-state index >= 15 is 0 Å². The van der Waals surface area contributed by atoms with Gasteiger partial charge in [-0.3, -0.25) is 0 Å². The van der Waals surface area contributed by atoms with Crippen LogP contribution in [0.4, 0.5) is 4.79 Å². The summed E-state index contributed by atoms with van der Waals surface area (Å²) in [5.41, 5.74) is 5.30. The molecule has 2 aromatic carbocycles. The minimum atomic E-state index is -0.866. The predicted molar refractivity (Wildman–Crippen MR) is 129 cm³/mol. The van der Waals surface area contributed by atoms with Gasteiger partial charge < -0.3 is 24.2 Å². The van der Waals surface area contributed by atoms with E-state index in [4.69, 9.17) is 14.2 Å². The molecule has 7 heteroatoms. The van der Waals surface area contributed by atoms with Crippen LogP contribution in [0.1, 0.15) is 47.6 Å². The number of likely N-dealkylation sites (tertiary alicyclic amines) is 1. The van der Waals surface area contributed by atoms with E-state index in [1.807, 2.05) is 6.07 Å². The van der Waals surface area contributed by atoms with Crippen LogP contribution in [0.5, 0.6) is 0 Å². The second-order valence-corrected chi connectivity index (χ2v) is 9.63. The summed E-state index contributed by atoms with van der Waals surface area (Å²) in [5.74, 6) is 0. The highest BCUT2D eigenvalue weighted by molar-refractivity contribution is 9.10. The summed E-state index contributed by atoms with van der Waals surface area (Å²) < 4.78 is 17.0. The number of benzene rings is 2. The van der Waals surface area contributed by atoms with Gasteiger partial charge in [-0.1, -0.05) is 40.2 Å². The van der Waals surface area contributed by atoms with Crippen LogP contribution >= 0.6 is 15.9 Å². The largest absolute Gasteiger partial charge is 0.450 e. The Hall–Kier alpha value is -1.93. The number of halogens is 1. The molecule has 1 amide bonds. The van der Waals surface area contributed by atoms with E-state index in [1.54, 1.807) is 11.8 Å². The molecule has 3 aliphatic rings. The highest BCUT2D eigenvalue weighted by Crippen LogP contribution is 2.34. The molecule has 2 aromatic rings. The maximum Gasteiger partial charge on any atom is 0.409 e. The summed E-state index contributed by atoms with van der Waals surface area (Å²) in [6.45, 7) is 6.24. The molecule has 0 bridgehead atoms. The summed E-state index contributed by atoms with van der Waals surface area (Å²) in [6, 6.07) is 12.6. The molecule has 3 aliphatic heterocycles. The lowest BCUT2D eigenvalue weighted by Gasteiger charge is -2.38. The maximum atomic E-state index is 11.7. The predicted octanol–water partition coefficient (Wildman–Crippen LogP) is 4.72. The smallest absolute Gasteiger partial charge is 0.409 e. The third-order valence-electron chi connectivity index (χ3n) is 6.58. The Morgan fingerprint density at radius 1 is 1.00 bits per heavy atom. The molecule has 6 nitrogen and oxygen atoms in total. The minimum absolute atomic E-state index is 0.289. The zero-order valence-electron chi connectivity index (χ0n) is 19.1. The fourth-order valence-corrected chi connectivity index (χ4v) is 4.97. The second kappa shape index (κ2) is 11.0. The highest BCUT2D eigenvalue weighted by Gasteiger charge is 2.36. The van der Waals surface area contributed by atoms with E-state index in [-0.39, 0.29) is 6.09 Å². The average molecular weight is 518 g/mol. The van der Waals surface area contributed by atoms with Crippen molar-refractivity contribution < 1.29 is 24.1 Å². The first-order valence-electron chi connectivity index (χ1n) is 11.7. The molecule has 0 aliphatic carbocycles. The number of rotatable bonds is 2. The number of aliphatic hydroxyl groups is 1. The van der Waals surface area contributed by atoms with Crippen LogP contribution in [-0.4, -0.2) is 49.0 Å². The maximum absolute atomic E-state index is 11.7. The summed E-state index contributed by atoms with van der Waals surface area (Å²) >= 11 is 3.43. The van der Waals surface area contributed by atoms with Gasteiger partial charge in [-0.2, -0.15) is 0 Å². The summed E-state index contributed by atoms with van der Waals surface area (Å²) in [5, 5.41) is 11.0. The average Bonchev–Trinajstić information content (AvgIpc) is 2.84. The van der Waals surface area contributed by atoms with Gasteiger partial charge in [-0.15, -0.1) is 0 Å². The number of hydrogen-bond donors (Lipinski definition) is 1. The topological polar surface area (TPSA) is 68.2 Å². The van der Waals surface area contributed by atoms with Gasteiger partial charge in [-0.25, -0.2) is 4.79 Å². The van der Waals surface area contributed by atoms with Crippen molar-refractivity contribution in [2.45, 2.75) is 51.4 Å². The van der Waals surface area contributed by atoms with Crippen LogP contribution in [0.25, 0.3) is 0 Å². The molecule has 178 valence electrons. The van der Waals surface area contributed by atoms with E-state index in [0.717, 1.165) is 42.7 Å². The van der Waals surface area contributed by atoms with Crippen LogP contribution in [0.2, 0.25) is 0 Å². The number of piperidine rings is 1. The molecule has 0 saturated carbocycles. The fourth-order valence-electron chi connectivity index (χ4n) is 4.56. The number of ether oxygens (including phenoxy) is 3. The molecular formula is C26H32BrNO5. The molecule has 33 heavy (non-hydrogen) atoms. The zero-order valence-corrected chi connectivity index (χ0v) is 20.7. The Morgan fingerprint density at radius 3 is 2.24 bits per heavy atom. The van der Waals surface area contributed by atoms with Gasteiger partial charge >= 0.3 is 6.09 Å². The lowest BCUT2D eigenvalue weighted by molar-refractivity contribution is -0.0246. The molecule has 1 fully saturated rings. The van der Waals surface area contributed by atoms with Crippen molar-refractivity contribution in [3.8, 4) is 0 Å². The van der Waals surface area contributed by atoms with E-state index < -0.39 is 5.60 Å². The number of amides is 1. The van der Waals surface area contributed by atoms with Gasteiger partial charge in [0, 0.05) is 17.6 Å². The number of hydrogen-bond acceptors (Lipinski definition) is 5. The van der Waals surface area contributed by atoms with Gasteiger partial charge in [-0.05, 0) is 72.6 Å². The SMILES string of the molecule is Brc1ccc2c(c1)COCC2.CCOC(=O)N1CCC(O)(c2ccc3c(c2)COCC3)CC1. The van der Waals surface area contributed by atoms with Crippen LogP contribution < -0.4 is 0 Å². The third-order valence-corrected chi connectivity index (χ3v) is 7.07. The fraction of sp³-hybridized carbons (Fsp3) is 0.500. The van der Waals surface area contributed by atoms with Gasteiger partial charge in [0.1, 0.15) is 0 Å². The van der Waals surface area contributed by atoms with Crippen LogP contribution in [0.15, 0.2) is 40.9 Å². The van der Waals surface area contributed by atoms with Crippen LogP contribution in [-0.2, 0) is 45.9 Å². The van der Waals surface area contributed by atoms with Crippen LogP contribution in [0.3, 0.4) is 0 Å². The summed E-state index contributed by atoms with van der Waals surface area (Å²) in [7, 11) is 0. The summed E-state index contributed by atoms with van der Waals surface area (Å²) in [6.07, 6.45) is 2.77. The lowest BCUT2D eigenvalue weighted by atomic mass is 9.83. The third kappa shape index (κ3) is 5.96. The van der Waals surface area contributed by atoms with Crippen molar-refractivity contribution in [3.05, 3.63) is 68.7 Å². The molecule has 0 atom stereocenters. The monoisotopic (exact) mass is 517 g/mol. The molecule has 0 aromatic heterocycles. The van der Waals surface area contributed by atoms with E-state index in [9.17, 15) is 9.90 Å². The number of nitrogens with zero attached hydrogens (tertiary/aromatic N) is 1. The van der Waals surface area contributed by atoms with E-state index in [2.05, 4.69) is 46.3 Å². The quantitative estimate of drug-likeness (QED) is 0.623. The highest BCUT2D eigenvalue weighted by atomic mass is 79.9. The Labute approximate surface area is 204 Å². The number of fused-ring (bicyclic) bond motifs is 2. The minimum Gasteiger partial charge on any atom is -0.450 e. The molecule has 0 radical (unpaired) electrons. The lowest BCUT2D eigenvalue weighted by Crippen LogP contribution is -2.45. The Bertz CT molecular complexity index is 971. The number of carbonyl (C=O) groups is 1. The molecule has 0 unspecified atom stereocenters. The van der Waals surface area contributed by atoms with Crippen molar-refractivity contribution >= 4 is 22.0 Å². The van der Waals surface area contributed by atoms with Crippen molar-refractivity contribution in [1.82, 2.24) is 4.90 Å².